The van der Waals surface area contributed by atoms with Gasteiger partial charge in [0.25, 0.3) is 0 Å². The Bertz CT molecular complexity index is 342. The van der Waals surface area contributed by atoms with Crippen LogP contribution in [0.25, 0.3) is 0 Å². The first-order valence-electron chi connectivity index (χ1n) is 7.35. The minimum absolute atomic E-state index is 0.230. The maximum atomic E-state index is 11.8. The van der Waals surface area contributed by atoms with Gasteiger partial charge in [-0.05, 0) is 32.6 Å². The summed E-state index contributed by atoms with van der Waals surface area (Å²) in [5.41, 5.74) is 0. The van der Waals surface area contributed by atoms with E-state index in [0.717, 1.165) is 12.8 Å². The van der Waals surface area contributed by atoms with Crippen LogP contribution in [0.5, 0.6) is 0 Å². The Kier molecular flexibility index (Phi) is 5.04. The van der Waals surface area contributed by atoms with Crippen molar-refractivity contribution >= 4 is 10.0 Å². The Morgan fingerprint density at radius 1 is 1.00 bits per heavy atom. The highest BCUT2D eigenvalue weighted by Crippen LogP contribution is 2.21. The number of piperidine rings is 1. The van der Waals surface area contributed by atoms with Crippen molar-refractivity contribution in [2.24, 2.45) is 0 Å². The van der Waals surface area contributed by atoms with E-state index >= 15 is 0 Å². The number of sulfonamides is 1. The lowest BCUT2D eigenvalue weighted by atomic mass is 9.94. The average molecular weight is 274 g/mol. The van der Waals surface area contributed by atoms with Crippen molar-refractivity contribution in [3.05, 3.63) is 0 Å². The fraction of sp³-hybridized carbons (Fsp3) is 1.00. The topological polar surface area (TPSA) is 49.4 Å². The van der Waals surface area contributed by atoms with E-state index in [0.29, 0.717) is 25.2 Å². The molecule has 0 spiro atoms. The summed E-state index contributed by atoms with van der Waals surface area (Å²) in [4.78, 5) is 0. The predicted molar refractivity (Wildman–Crippen MR) is 74.1 cm³/mol. The third-order valence-electron chi connectivity index (χ3n) is 4.29. The monoisotopic (exact) mass is 274 g/mol. The quantitative estimate of drug-likeness (QED) is 0.849. The summed E-state index contributed by atoms with van der Waals surface area (Å²) in [6.07, 6.45) is 8.61. The minimum atomic E-state index is -2.97. The van der Waals surface area contributed by atoms with Gasteiger partial charge >= 0.3 is 0 Å². The van der Waals surface area contributed by atoms with Crippen LogP contribution in [0.1, 0.15) is 51.9 Å². The van der Waals surface area contributed by atoms with Crippen LogP contribution in [0.4, 0.5) is 0 Å². The molecule has 0 amide bonds. The molecule has 0 aromatic carbocycles. The van der Waals surface area contributed by atoms with E-state index in [4.69, 9.17) is 0 Å². The number of hydrogen-bond acceptors (Lipinski definition) is 3. The summed E-state index contributed by atoms with van der Waals surface area (Å²) in [7, 11) is -2.97. The van der Waals surface area contributed by atoms with E-state index in [2.05, 4.69) is 5.32 Å². The first-order chi connectivity index (χ1) is 8.62. The van der Waals surface area contributed by atoms with Crippen molar-refractivity contribution < 1.29 is 8.42 Å². The van der Waals surface area contributed by atoms with E-state index in [9.17, 15) is 8.42 Å². The number of hydrogen-bond donors (Lipinski definition) is 1. The van der Waals surface area contributed by atoms with E-state index in [1.54, 1.807) is 11.2 Å². The zero-order valence-corrected chi connectivity index (χ0v) is 12.2. The van der Waals surface area contributed by atoms with Gasteiger partial charge in [0.1, 0.15) is 0 Å². The number of rotatable bonds is 4. The fourth-order valence-electron chi connectivity index (χ4n) is 3.09. The molecule has 2 rings (SSSR count). The van der Waals surface area contributed by atoms with Gasteiger partial charge in [0.2, 0.25) is 10.0 Å². The normalized spacial score (nSPS) is 25.4. The SMILES string of the molecule is CCS(=O)(=O)N1CCC(NC2CCCCC2)CC1. The zero-order chi connectivity index (χ0) is 13.0. The van der Waals surface area contributed by atoms with Gasteiger partial charge in [0.15, 0.2) is 0 Å². The molecule has 1 heterocycles. The second kappa shape index (κ2) is 6.35. The van der Waals surface area contributed by atoms with Gasteiger partial charge in [-0.3, -0.25) is 0 Å². The predicted octanol–water partition coefficient (Wildman–Crippen LogP) is 1.72. The summed E-state index contributed by atoms with van der Waals surface area (Å²) in [5.74, 6) is 0.230. The Labute approximate surface area is 111 Å². The Morgan fingerprint density at radius 3 is 2.11 bits per heavy atom. The number of nitrogens with one attached hydrogen (secondary N) is 1. The molecule has 1 saturated carbocycles. The average Bonchev–Trinajstić information content (AvgIpc) is 2.40. The molecule has 1 aliphatic carbocycles. The first-order valence-corrected chi connectivity index (χ1v) is 8.96. The minimum Gasteiger partial charge on any atom is -0.311 e. The van der Waals surface area contributed by atoms with Crippen LogP contribution in [0, 0.1) is 0 Å². The standard InChI is InChI=1S/C13H26N2O2S/c1-2-18(16,17)15-10-8-13(9-11-15)14-12-6-4-3-5-7-12/h12-14H,2-11H2,1H3. The molecule has 1 N–H and O–H groups in total. The van der Waals surface area contributed by atoms with Crippen LogP contribution in [0.15, 0.2) is 0 Å². The second-order valence-electron chi connectivity index (χ2n) is 5.58. The third-order valence-corrected chi connectivity index (χ3v) is 6.17. The summed E-state index contributed by atoms with van der Waals surface area (Å²) >= 11 is 0. The molecule has 0 bridgehead atoms. The molecule has 2 fully saturated rings. The molecule has 0 atom stereocenters. The van der Waals surface area contributed by atoms with Crippen molar-refractivity contribution in [1.29, 1.82) is 0 Å². The van der Waals surface area contributed by atoms with E-state index in [-0.39, 0.29) is 5.75 Å². The van der Waals surface area contributed by atoms with Crippen LogP contribution < -0.4 is 5.32 Å². The van der Waals surface area contributed by atoms with E-state index < -0.39 is 10.0 Å². The van der Waals surface area contributed by atoms with Gasteiger partial charge in [-0.1, -0.05) is 19.3 Å². The lowest BCUT2D eigenvalue weighted by Gasteiger charge is -2.34. The highest BCUT2D eigenvalue weighted by Gasteiger charge is 2.27. The Morgan fingerprint density at radius 2 is 1.56 bits per heavy atom. The highest BCUT2D eigenvalue weighted by atomic mass is 32.2. The maximum absolute atomic E-state index is 11.8. The van der Waals surface area contributed by atoms with Crippen LogP contribution in [0.2, 0.25) is 0 Å². The van der Waals surface area contributed by atoms with Gasteiger partial charge < -0.3 is 5.32 Å². The van der Waals surface area contributed by atoms with E-state index in [1.807, 2.05) is 0 Å². The van der Waals surface area contributed by atoms with E-state index in [1.165, 1.54) is 32.1 Å². The molecule has 2 aliphatic rings. The first kappa shape index (κ1) is 14.3. The molecule has 0 aromatic heterocycles. The van der Waals surface area contributed by atoms with Crippen molar-refractivity contribution in [3.63, 3.8) is 0 Å². The lowest BCUT2D eigenvalue weighted by molar-refractivity contribution is 0.252. The Hall–Kier alpha value is -0.130. The van der Waals surface area contributed by atoms with Gasteiger partial charge in [0.05, 0.1) is 5.75 Å². The van der Waals surface area contributed by atoms with Gasteiger partial charge in [-0.2, -0.15) is 0 Å². The second-order valence-corrected chi connectivity index (χ2v) is 7.83. The van der Waals surface area contributed by atoms with Crippen molar-refractivity contribution in [2.75, 3.05) is 18.8 Å². The molecule has 5 heteroatoms. The van der Waals surface area contributed by atoms with Crippen LogP contribution in [0.3, 0.4) is 0 Å². The molecule has 0 aromatic rings. The van der Waals surface area contributed by atoms with Gasteiger partial charge in [-0.15, -0.1) is 0 Å². The molecular formula is C13H26N2O2S. The lowest BCUT2D eigenvalue weighted by Crippen LogP contribution is -2.48. The summed E-state index contributed by atoms with van der Waals surface area (Å²) < 4.78 is 25.2. The summed E-state index contributed by atoms with van der Waals surface area (Å²) in [6, 6.07) is 1.20. The molecule has 18 heavy (non-hydrogen) atoms. The van der Waals surface area contributed by atoms with Crippen molar-refractivity contribution in [3.8, 4) is 0 Å². The highest BCUT2D eigenvalue weighted by molar-refractivity contribution is 7.89. The molecule has 4 nitrogen and oxygen atoms in total. The zero-order valence-electron chi connectivity index (χ0n) is 11.4. The largest absolute Gasteiger partial charge is 0.311 e. The number of nitrogens with zero attached hydrogens (tertiary/aromatic N) is 1. The van der Waals surface area contributed by atoms with Gasteiger partial charge in [-0.25, -0.2) is 12.7 Å². The maximum Gasteiger partial charge on any atom is 0.213 e. The summed E-state index contributed by atoms with van der Waals surface area (Å²) in [5, 5.41) is 3.73. The van der Waals surface area contributed by atoms with Gasteiger partial charge in [0, 0.05) is 25.2 Å². The third kappa shape index (κ3) is 3.68. The molecular weight excluding hydrogens is 248 g/mol. The molecule has 106 valence electrons. The van der Waals surface area contributed by atoms with Crippen molar-refractivity contribution in [1.82, 2.24) is 9.62 Å². The molecule has 1 saturated heterocycles. The smallest absolute Gasteiger partial charge is 0.213 e. The summed E-state index contributed by atoms with van der Waals surface area (Å²) in [6.45, 7) is 3.11. The molecule has 1 aliphatic heterocycles. The van der Waals surface area contributed by atoms with Crippen molar-refractivity contribution in [2.45, 2.75) is 64.0 Å². The Balaban J connectivity index is 1.76. The molecule has 0 radical (unpaired) electrons. The van der Waals surface area contributed by atoms with Crippen LogP contribution >= 0.6 is 0 Å². The fourth-order valence-corrected chi connectivity index (χ4v) is 4.22. The molecule has 0 unspecified atom stereocenters. The van der Waals surface area contributed by atoms with Crippen LogP contribution in [-0.4, -0.2) is 43.6 Å². The van der Waals surface area contributed by atoms with Crippen LogP contribution in [-0.2, 0) is 10.0 Å².